The van der Waals surface area contributed by atoms with E-state index in [2.05, 4.69) is 33.9 Å². The number of methoxy groups -OCH3 is 2. The predicted molar refractivity (Wildman–Crippen MR) is 121 cm³/mol. The molecule has 1 saturated heterocycles. The van der Waals surface area contributed by atoms with Crippen molar-refractivity contribution in [3.8, 4) is 11.5 Å². The average Bonchev–Trinajstić information content (AvgIpc) is 3.14. The standard InChI is InChI=1S/C22H34N2O6Si/c1-22(2,3)31(6,7)30-13-15-8-14(18(26)12-25)11-24(15)21(27)16-9-19(28-4)20(29-5)10-17(16)23/h9-10,12,14-15H,8,11,13,23H2,1-7H3/t14-,15+/m1/s1. The van der Waals surface area contributed by atoms with Crippen LogP contribution in [0.1, 0.15) is 37.6 Å². The maximum absolute atomic E-state index is 13.4. The van der Waals surface area contributed by atoms with Gasteiger partial charge in [-0.25, -0.2) is 0 Å². The maximum Gasteiger partial charge on any atom is 0.256 e. The van der Waals surface area contributed by atoms with Crippen molar-refractivity contribution in [3.63, 3.8) is 0 Å². The predicted octanol–water partition coefficient (Wildman–Crippen LogP) is 2.91. The minimum Gasteiger partial charge on any atom is -0.493 e. The number of benzene rings is 1. The Morgan fingerprint density at radius 3 is 2.29 bits per heavy atom. The molecule has 0 radical (unpaired) electrons. The first kappa shape index (κ1) is 24.9. The van der Waals surface area contributed by atoms with Gasteiger partial charge in [-0.05, 0) is 30.6 Å². The minimum atomic E-state index is -2.07. The highest BCUT2D eigenvalue weighted by atomic mass is 28.4. The second-order valence-electron chi connectivity index (χ2n) is 9.43. The molecule has 1 aromatic rings. The molecule has 172 valence electrons. The van der Waals surface area contributed by atoms with Gasteiger partial charge in [0.25, 0.3) is 5.91 Å². The lowest BCUT2D eigenvalue weighted by Gasteiger charge is -2.38. The molecule has 0 saturated carbocycles. The van der Waals surface area contributed by atoms with Gasteiger partial charge in [-0.3, -0.25) is 14.4 Å². The van der Waals surface area contributed by atoms with Crippen LogP contribution in [0.25, 0.3) is 0 Å². The summed E-state index contributed by atoms with van der Waals surface area (Å²) in [6.07, 6.45) is 0.709. The third-order valence-corrected chi connectivity index (χ3v) is 10.9. The van der Waals surface area contributed by atoms with Crippen LogP contribution in [0.5, 0.6) is 11.5 Å². The highest BCUT2D eigenvalue weighted by molar-refractivity contribution is 6.74. The van der Waals surface area contributed by atoms with Gasteiger partial charge in [0.15, 0.2) is 31.9 Å². The van der Waals surface area contributed by atoms with Crippen molar-refractivity contribution in [2.75, 3.05) is 33.1 Å². The number of carbonyl (C=O) groups excluding carboxylic acids is 3. The van der Waals surface area contributed by atoms with Crippen molar-refractivity contribution < 1.29 is 28.3 Å². The first-order valence-electron chi connectivity index (χ1n) is 10.3. The summed E-state index contributed by atoms with van der Waals surface area (Å²) in [5, 5.41) is 0.00619. The summed E-state index contributed by atoms with van der Waals surface area (Å²) in [6.45, 7) is 11.1. The van der Waals surface area contributed by atoms with Crippen LogP contribution in [-0.2, 0) is 14.0 Å². The van der Waals surface area contributed by atoms with Gasteiger partial charge >= 0.3 is 0 Å². The first-order valence-corrected chi connectivity index (χ1v) is 13.2. The summed E-state index contributed by atoms with van der Waals surface area (Å²) in [6, 6.07) is 2.75. The molecular formula is C22H34N2O6Si. The molecule has 0 aromatic heterocycles. The third-order valence-electron chi connectivity index (χ3n) is 6.42. The van der Waals surface area contributed by atoms with Crippen molar-refractivity contribution in [1.82, 2.24) is 4.90 Å². The smallest absolute Gasteiger partial charge is 0.256 e. The molecule has 2 atom stereocenters. The number of Topliss-reactive ketones (excluding diaryl/α,β-unsaturated/α-hetero) is 1. The number of nitrogen functional groups attached to an aromatic ring is 1. The molecular weight excluding hydrogens is 416 g/mol. The fraction of sp³-hybridized carbons (Fsp3) is 0.591. The first-order chi connectivity index (χ1) is 14.4. The van der Waals surface area contributed by atoms with Crippen LogP contribution in [0, 0.1) is 5.92 Å². The number of nitrogens with two attached hydrogens (primary N) is 1. The van der Waals surface area contributed by atoms with Gasteiger partial charge in [-0.2, -0.15) is 0 Å². The zero-order chi connectivity index (χ0) is 23.6. The molecule has 0 unspecified atom stereocenters. The Balaban J connectivity index is 2.34. The van der Waals surface area contributed by atoms with E-state index in [1.54, 1.807) is 4.90 Å². The highest BCUT2D eigenvalue weighted by Crippen LogP contribution is 2.38. The number of likely N-dealkylation sites (tertiary alicyclic amines) is 1. The van der Waals surface area contributed by atoms with Crippen LogP contribution in [0.4, 0.5) is 5.69 Å². The van der Waals surface area contributed by atoms with Crippen molar-refractivity contribution in [1.29, 1.82) is 0 Å². The fourth-order valence-electron chi connectivity index (χ4n) is 3.38. The summed E-state index contributed by atoms with van der Waals surface area (Å²) in [7, 11) is 0.903. The molecule has 0 spiro atoms. The van der Waals surface area contributed by atoms with Gasteiger partial charge in [0.1, 0.15) is 0 Å². The van der Waals surface area contributed by atoms with E-state index in [1.807, 2.05) is 0 Å². The Kier molecular flexibility index (Phi) is 7.54. The molecule has 2 N–H and O–H groups in total. The lowest BCUT2D eigenvalue weighted by Crippen LogP contribution is -2.46. The zero-order valence-electron chi connectivity index (χ0n) is 19.5. The number of anilines is 1. The van der Waals surface area contributed by atoms with Crippen LogP contribution in [0.15, 0.2) is 12.1 Å². The van der Waals surface area contributed by atoms with E-state index in [9.17, 15) is 14.4 Å². The number of ether oxygens (including phenoxy) is 2. The SMILES string of the molecule is COc1cc(N)c(C(=O)N2C[C@H](C(=O)C=O)C[C@H]2CO[Si](C)(C)C(C)(C)C)cc1OC. The molecule has 1 aromatic carbocycles. The molecule has 1 fully saturated rings. The summed E-state index contributed by atoms with van der Waals surface area (Å²) < 4.78 is 16.9. The highest BCUT2D eigenvalue weighted by Gasteiger charge is 2.42. The van der Waals surface area contributed by atoms with E-state index in [0.717, 1.165) is 0 Å². The molecule has 1 amide bonds. The number of nitrogens with zero attached hydrogens (tertiary/aromatic N) is 1. The Hall–Kier alpha value is -2.39. The number of amides is 1. The van der Waals surface area contributed by atoms with Crippen molar-refractivity contribution in [3.05, 3.63) is 17.7 Å². The number of ketones is 1. The van der Waals surface area contributed by atoms with Gasteiger partial charge in [0, 0.05) is 24.2 Å². The normalized spacial score (nSPS) is 19.3. The Morgan fingerprint density at radius 2 is 1.77 bits per heavy atom. The van der Waals surface area contributed by atoms with Crippen LogP contribution in [-0.4, -0.2) is 64.6 Å². The van der Waals surface area contributed by atoms with Crippen molar-refractivity contribution >= 4 is 32.0 Å². The Bertz CT molecular complexity index is 849. The van der Waals surface area contributed by atoms with Gasteiger partial charge in [0.05, 0.1) is 32.4 Å². The molecule has 1 aliphatic heterocycles. The second kappa shape index (κ2) is 9.40. The number of hydrogen-bond donors (Lipinski definition) is 1. The quantitative estimate of drug-likeness (QED) is 0.281. The van der Waals surface area contributed by atoms with E-state index in [0.29, 0.717) is 30.8 Å². The van der Waals surface area contributed by atoms with Crippen molar-refractivity contribution in [2.45, 2.75) is 51.4 Å². The van der Waals surface area contributed by atoms with E-state index < -0.39 is 20.0 Å². The summed E-state index contributed by atoms with van der Waals surface area (Å²) in [4.78, 5) is 38.2. The van der Waals surface area contributed by atoms with Crippen LogP contribution in [0.2, 0.25) is 18.1 Å². The molecule has 9 heteroatoms. The average molecular weight is 451 g/mol. The van der Waals surface area contributed by atoms with Crippen LogP contribution < -0.4 is 15.2 Å². The molecule has 2 rings (SSSR count). The molecule has 0 aliphatic carbocycles. The number of hydrogen-bond acceptors (Lipinski definition) is 7. The van der Waals surface area contributed by atoms with E-state index in [1.165, 1.54) is 26.4 Å². The lowest BCUT2D eigenvalue weighted by atomic mass is 10.0. The van der Waals surface area contributed by atoms with E-state index in [-0.39, 0.29) is 34.8 Å². The Morgan fingerprint density at radius 1 is 1.19 bits per heavy atom. The topological polar surface area (TPSA) is 108 Å². The number of aldehydes is 1. The molecule has 1 aliphatic rings. The molecule has 31 heavy (non-hydrogen) atoms. The molecule has 0 bridgehead atoms. The largest absolute Gasteiger partial charge is 0.493 e. The van der Waals surface area contributed by atoms with Gasteiger partial charge < -0.3 is 24.5 Å². The van der Waals surface area contributed by atoms with Gasteiger partial charge in [-0.15, -0.1) is 0 Å². The van der Waals surface area contributed by atoms with Crippen LogP contribution >= 0.6 is 0 Å². The summed E-state index contributed by atoms with van der Waals surface area (Å²) >= 11 is 0. The van der Waals surface area contributed by atoms with Gasteiger partial charge in [0.2, 0.25) is 0 Å². The number of carbonyl (C=O) groups is 3. The van der Waals surface area contributed by atoms with Gasteiger partial charge in [-0.1, -0.05) is 20.8 Å². The monoisotopic (exact) mass is 450 g/mol. The Labute approximate surface area is 185 Å². The summed E-state index contributed by atoms with van der Waals surface area (Å²) in [5.41, 5.74) is 6.63. The third kappa shape index (κ3) is 5.27. The molecule has 8 nitrogen and oxygen atoms in total. The minimum absolute atomic E-state index is 0.00619. The zero-order valence-corrected chi connectivity index (χ0v) is 20.5. The van der Waals surface area contributed by atoms with Crippen molar-refractivity contribution in [2.24, 2.45) is 5.92 Å². The lowest BCUT2D eigenvalue weighted by molar-refractivity contribution is -0.132. The maximum atomic E-state index is 13.4. The second-order valence-corrected chi connectivity index (χ2v) is 14.2. The fourth-order valence-corrected chi connectivity index (χ4v) is 4.42. The number of rotatable bonds is 8. The van der Waals surface area contributed by atoms with E-state index >= 15 is 0 Å². The van der Waals surface area contributed by atoms with E-state index in [4.69, 9.17) is 19.6 Å². The summed E-state index contributed by atoms with van der Waals surface area (Å²) in [5.74, 6) is -0.578. The van der Waals surface area contributed by atoms with Crippen LogP contribution in [0.3, 0.4) is 0 Å². The molecule has 1 heterocycles.